The molecule has 0 saturated heterocycles. The van der Waals surface area contributed by atoms with Crippen LogP contribution in [0.2, 0.25) is 0 Å². The predicted octanol–water partition coefficient (Wildman–Crippen LogP) is 3.66. The van der Waals surface area contributed by atoms with E-state index < -0.39 is 5.82 Å². The molecule has 0 N–H and O–H groups in total. The van der Waals surface area contributed by atoms with Crippen molar-refractivity contribution >= 4 is 11.3 Å². The number of aromatic nitrogens is 1. The lowest BCUT2D eigenvalue weighted by Gasteiger charge is -2.22. The Balaban J connectivity index is 1.96. The maximum atomic E-state index is 13.5. The monoisotopic (exact) mass is 282 g/mol. The van der Waals surface area contributed by atoms with Crippen LogP contribution in [0, 0.1) is 11.6 Å². The maximum Gasteiger partial charge on any atom is 0.126 e. The highest BCUT2D eigenvalue weighted by Gasteiger charge is 2.14. The van der Waals surface area contributed by atoms with Gasteiger partial charge in [0.25, 0.3) is 0 Å². The van der Waals surface area contributed by atoms with E-state index in [2.05, 4.69) is 16.8 Å². The van der Waals surface area contributed by atoms with Gasteiger partial charge in [-0.1, -0.05) is 0 Å². The molecule has 102 valence electrons. The van der Waals surface area contributed by atoms with E-state index in [9.17, 15) is 8.78 Å². The predicted molar refractivity (Wildman–Crippen MR) is 73.2 cm³/mol. The molecule has 0 aliphatic heterocycles. The summed E-state index contributed by atoms with van der Waals surface area (Å²) < 4.78 is 26.6. The molecule has 2 rings (SSSR count). The Morgan fingerprint density at radius 1 is 1.37 bits per heavy atom. The average molecular weight is 282 g/mol. The smallest absolute Gasteiger partial charge is 0.126 e. The zero-order valence-electron chi connectivity index (χ0n) is 10.9. The fraction of sp³-hybridized carbons (Fsp3) is 0.357. The number of benzene rings is 1. The number of likely N-dealkylation sites (N-methyl/N-ethyl adjacent to an activating group) is 1. The van der Waals surface area contributed by atoms with Gasteiger partial charge in [-0.3, -0.25) is 4.90 Å². The van der Waals surface area contributed by atoms with Crippen molar-refractivity contribution in [2.45, 2.75) is 19.4 Å². The second-order valence-corrected chi connectivity index (χ2v) is 5.44. The standard InChI is InChI=1S/C14H16F2N2S/c1-10(14-17-6-8-19-14)18(2)7-5-11-9-12(15)3-4-13(11)16/h3-4,6,8-10H,5,7H2,1-2H3/t10-/m1/s1. The number of hydrogen-bond donors (Lipinski definition) is 0. The molecule has 1 aromatic carbocycles. The Bertz CT molecular complexity index is 528. The Labute approximate surface area is 115 Å². The third-order valence-electron chi connectivity index (χ3n) is 3.21. The highest BCUT2D eigenvalue weighted by atomic mass is 32.1. The summed E-state index contributed by atoms with van der Waals surface area (Å²) in [5, 5.41) is 2.97. The Kier molecular flexibility index (Phi) is 4.61. The van der Waals surface area contributed by atoms with E-state index in [-0.39, 0.29) is 11.9 Å². The second-order valence-electron chi connectivity index (χ2n) is 4.51. The van der Waals surface area contributed by atoms with Gasteiger partial charge in [-0.15, -0.1) is 11.3 Å². The normalized spacial score (nSPS) is 12.9. The van der Waals surface area contributed by atoms with E-state index in [0.717, 1.165) is 11.1 Å². The van der Waals surface area contributed by atoms with Crippen LogP contribution in [0.15, 0.2) is 29.8 Å². The van der Waals surface area contributed by atoms with Gasteiger partial charge in [-0.25, -0.2) is 13.8 Å². The largest absolute Gasteiger partial charge is 0.297 e. The molecule has 0 spiro atoms. The maximum absolute atomic E-state index is 13.5. The van der Waals surface area contributed by atoms with Crippen LogP contribution in [0.25, 0.3) is 0 Å². The summed E-state index contributed by atoms with van der Waals surface area (Å²) in [5.41, 5.74) is 0.415. The molecule has 1 aromatic heterocycles. The van der Waals surface area contributed by atoms with Crippen LogP contribution in [-0.2, 0) is 6.42 Å². The van der Waals surface area contributed by atoms with Gasteiger partial charge in [-0.05, 0) is 44.2 Å². The first-order valence-electron chi connectivity index (χ1n) is 6.11. The summed E-state index contributed by atoms with van der Waals surface area (Å²) >= 11 is 1.60. The van der Waals surface area contributed by atoms with Crippen LogP contribution in [0.4, 0.5) is 8.78 Å². The van der Waals surface area contributed by atoms with Gasteiger partial charge in [0, 0.05) is 18.1 Å². The van der Waals surface area contributed by atoms with Crippen molar-refractivity contribution in [2.24, 2.45) is 0 Å². The fourth-order valence-corrected chi connectivity index (χ4v) is 2.61. The first-order chi connectivity index (χ1) is 9.08. The molecule has 0 amide bonds. The topological polar surface area (TPSA) is 16.1 Å². The molecular formula is C14H16F2N2S. The van der Waals surface area contributed by atoms with Crippen LogP contribution in [0.3, 0.4) is 0 Å². The third kappa shape index (κ3) is 3.58. The first-order valence-corrected chi connectivity index (χ1v) is 6.99. The van der Waals surface area contributed by atoms with Gasteiger partial charge in [-0.2, -0.15) is 0 Å². The van der Waals surface area contributed by atoms with Gasteiger partial charge >= 0.3 is 0 Å². The van der Waals surface area contributed by atoms with E-state index in [1.165, 1.54) is 12.1 Å². The van der Waals surface area contributed by atoms with Gasteiger partial charge < -0.3 is 0 Å². The molecule has 0 saturated carbocycles. The molecule has 19 heavy (non-hydrogen) atoms. The highest BCUT2D eigenvalue weighted by molar-refractivity contribution is 7.09. The van der Waals surface area contributed by atoms with Crippen molar-refractivity contribution in [3.05, 3.63) is 52.0 Å². The number of thiazole rings is 1. The SMILES string of the molecule is C[C@H](c1nccs1)N(C)CCc1cc(F)ccc1F. The lowest BCUT2D eigenvalue weighted by atomic mass is 10.1. The third-order valence-corrected chi connectivity index (χ3v) is 4.16. The number of nitrogens with zero attached hydrogens (tertiary/aromatic N) is 2. The van der Waals surface area contributed by atoms with Gasteiger partial charge in [0.15, 0.2) is 0 Å². The minimum atomic E-state index is -0.396. The van der Waals surface area contributed by atoms with Crippen molar-refractivity contribution in [3.63, 3.8) is 0 Å². The molecule has 0 aliphatic carbocycles. The fourth-order valence-electron chi connectivity index (χ4n) is 1.85. The van der Waals surface area contributed by atoms with E-state index in [1.807, 2.05) is 12.4 Å². The molecule has 0 bridgehead atoms. The Hall–Kier alpha value is -1.33. The van der Waals surface area contributed by atoms with Gasteiger partial charge in [0.05, 0.1) is 6.04 Å². The summed E-state index contributed by atoms with van der Waals surface area (Å²) in [5.74, 6) is -0.747. The van der Waals surface area contributed by atoms with Crippen molar-refractivity contribution < 1.29 is 8.78 Å². The lowest BCUT2D eigenvalue weighted by molar-refractivity contribution is 0.263. The molecular weight excluding hydrogens is 266 g/mol. The molecule has 0 aliphatic rings. The van der Waals surface area contributed by atoms with E-state index in [1.54, 1.807) is 17.5 Å². The molecule has 2 nitrogen and oxygen atoms in total. The van der Waals surface area contributed by atoms with E-state index in [4.69, 9.17) is 0 Å². The van der Waals surface area contributed by atoms with Crippen LogP contribution >= 0.6 is 11.3 Å². The summed E-state index contributed by atoms with van der Waals surface area (Å²) in [4.78, 5) is 6.35. The second kappa shape index (κ2) is 6.21. The number of rotatable bonds is 5. The quantitative estimate of drug-likeness (QED) is 0.832. The minimum Gasteiger partial charge on any atom is -0.297 e. The molecule has 0 fully saturated rings. The molecule has 2 aromatic rings. The number of hydrogen-bond acceptors (Lipinski definition) is 3. The van der Waals surface area contributed by atoms with Gasteiger partial charge in [0.1, 0.15) is 16.6 Å². The Morgan fingerprint density at radius 3 is 2.84 bits per heavy atom. The molecule has 0 unspecified atom stereocenters. The van der Waals surface area contributed by atoms with Crippen molar-refractivity contribution in [2.75, 3.05) is 13.6 Å². The molecule has 0 radical (unpaired) electrons. The minimum absolute atomic E-state index is 0.177. The summed E-state index contributed by atoms with van der Waals surface area (Å²) in [6.45, 7) is 2.71. The van der Waals surface area contributed by atoms with E-state index in [0.29, 0.717) is 18.5 Å². The molecule has 1 atom stereocenters. The van der Waals surface area contributed by atoms with Crippen molar-refractivity contribution in [1.82, 2.24) is 9.88 Å². The summed E-state index contributed by atoms with van der Waals surface area (Å²) in [6, 6.07) is 3.75. The molecule has 1 heterocycles. The summed E-state index contributed by atoms with van der Waals surface area (Å²) in [6.07, 6.45) is 2.26. The zero-order valence-corrected chi connectivity index (χ0v) is 11.8. The van der Waals surface area contributed by atoms with Crippen LogP contribution in [0.5, 0.6) is 0 Å². The Morgan fingerprint density at radius 2 is 2.16 bits per heavy atom. The lowest BCUT2D eigenvalue weighted by Crippen LogP contribution is -2.25. The van der Waals surface area contributed by atoms with Gasteiger partial charge in [0.2, 0.25) is 0 Å². The zero-order chi connectivity index (χ0) is 13.8. The molecule has 5 heteroatoms. The van der Waals surface area contributed by atoms with Crippen molar-refractivity contribution in [3.8, 4) is 0 Å². The average Bonchev–Trinajstić information content (AvgIpc) is 2.92. The highest BCUT2D eigenvalue weighted by Crippen LogP contribution is 2.21. The van der Waals surface area contributed by atoms with Crippen LogP contribution in [0.1, 0.15) is 23.5 Å². The van der Waals surface area contributed by atoms with Crippen LogP contribution < -0.4 is 0 Å². The first kappa shape index (κ1) is 14.1. The number of halogens is 2. The van der Waals surface area contributed by atoms with Crippen molar-refractivity contribution in [1.29, 1.82) is 0 Å². The van der Waals surface area contributed by atoms with E-state index >= 15 is 0 Å². The summed E-state index contributed by atoms with van der Waals surface area (Å²) in [7, 11) is 1.96. The van der Waals surface area contributed by atoms with Crippen LogP contribution in [-0.4, -0.2) is 23.5 Å².